The molecular formula is C17H14FNO5. The SMILES string of the molecule is CC(C(=O)O)c1ccc(F)cc1.O=C1c2ccccc2C(=O)N1O. The normalized spacial score (nSPS) is 13.9. The highest BCUT2D eigenvalue weighted by atomic mass is 19.1. The summed E-state index contributed by atoms with van der Waals surface area (Å²) < 4.78 is 12.4. The Bertz CT molecular complexity index is 753. The van der Waals surface area contributed by atoms with Gasteiger partial charge in [-0.25, -0.2) is 4.39 Å². The van der Waals surface area contributed by atoms with E-state index in [1.165, 1.54) is 36.4 Å². The number of hydroxylamine groups is 2. The van der Waals surface area contributed by atoms with Crippen LogP contribution >= 0.6 is 0 Å². The number of carboxylic acids is 1. The molecule has 2 aromatic rings. The predicted octanol–water partition coefficient (Wildman–Crippen LogP) is 2.69. The highest BCUT2D eigenvalue weighted by Gasteiger charge is 2.34. The molecule has 0 spiro atoms. The smallest absolute Gasteiger partial charge is 0.310 e. The van der Waals surface area contributed by atoms with E-state index in [-0.39, 0.29) is 22.0 Å². The maximum absolute atomic E-state index is 12.4. The van der Waals surface area contributed by atoms with Gasteiger partial charge >= 0.3 is 5.97 Å². The lowest BCUT2D eigenvalue weighted by atomic mass is 10.0. The third kappa shape index (κ3) is 3.47. The Kier molecular flexibility index (Phi) is 5.05. The van der Waals surface area contributed by atoms with Crippen molar-refractivity contribution in [2.24, 2.45) is 0 Å². The van der Waals surface area contributed by atoms with E-state index >= 15 is 0 Å². The van der Waals surface area contributed by atoms with Crippen LogP contribution in [0.1, 0.15) is 39.1 Å². The van der Waals surface area contributed by atoms with E-state index in [2.05, 4.69) is 0 Å². The molecule has 1 aliphatic rings. The Balaban J connectivity index is 0.000000174. The standard InChI is InChI=1S/C9H9FO2.C8H5NO3/c1-6(9(11)12)7-2-4-8(10)5-3-7;10-7-5-3-1-2-4-6(5)8(11)9(7)12/h2-6H,1H3,(H,11,12);1-4,12H. The first kappa shape index (κ1) is 17.3. The van der Waals surface area contributed by atoms with Crippen LogP contribution < -0.4 is 0 Å². The van der Waals surface area contributed by atoms with E-state index in [9.17, 15) is 18.8 Å². The molecule has 0 saturated heterocycles. The second-order valence-corrected chi connectivity index (χ2v) is 5.08. The molecule has 0 fully saturated rings. The molecule has 0 aliphatic carbocycles. The fraction of sp³-hybridized carbons (Fsp3) is 0.118. The van der Waals surface area contributed by atoms with Crippen LogP contribution in [0.2, 0.25) is 0 Å². The van der Waals surface area contributed by atoms with Gasteiger partial charge in [-0.15, -0.1) is 5.06 Å². The van der Waals surface area contributed by atoms with E-state index in [0.717, 1.165) is 0 Å². The van der Waals surface area contributed by atoms with Crippen LogP contribution in [0.25, 0.3) is 0 Å². The fourth-order valence-electron chi connectivity index (χ4n) is 2.07. The highest BCUT2D eigenvalue weighted by molar-refractivity contribution is 6.20. The molecule has 0 saturated carbocycles. The summed E-state index contributed by atoms with van der Waals surface area (Å²) in [5.74, 6) is -3.14. The Morgan fingerprint density at radius 1 is 1.00 bits per heavy atom. The summed E-state index contributed by atoms with van der Waals surface area (Å²) in [6.45, 7) is 1.57. The van der Waals surface area contributed by atoms with E-state index in [0.29, 0.717) is 5.56 Å². The molecule has 0 radical (unpaired) electrons. The molecule has 2 amide bonds. The molecule has 1 atom stereocenters. The van der Waals surface area contributed by atoms with Crippen molar-refractivity contribution in [3.05, 3.63) is 71.0 Å². The van der Waals surface area contributed by atoms with Gasteiger partial charge in [-0.05, 0) is 36.8 Å². The van der Waals surface area contributed by atoms with Crippen molar-refractivity contribution in [1.29, 1.82) is 0 Å². The van der Waals surface area contributed by atoms with Crippen molar-refractivity contribution in [3.63, 3.8) is 0 Å². The Morgan fingerprint density at radius 2 is 1.46 bits per heavy atom. The second kappa shape index (κ2) is 7.01. The molecule has 2 aromatic carbocycles. The number of rotatable bonds is 2. The molecule has 1 unspecified atom stereocenters. The van der Waals surface area contributed by atoms with Gasteiger partial charge in [-0.2, -0.15) is 0 Å². The maximum Gasteiger partial charge on any atom is 0.310 e. The number of halogens is 1. The van der Waals surface area contributed by atoms with Gasteiger partial charge in [0.15, 0.2) is 0 Å². The summed E-state index contributed by atoms with van der Waals surface area (Å²) in [6.07, 6.45) is 0. The van der Waals surface area contributed by atoms with Gasteiger partial charge in [-0.3, -0.25) is 19.6 Å². The average Bonchev–Trinajstić information content (AvgIpc) is 2.80. The lowest BCUT2D eigenvalue weighted by Crippen LogP contribution is -2.25. The largest absolute Gasteiger partial charge is 0.481 e. The molecule has 3 rings (SSSR count). The third-order valence-electron chi connectivity index (χ3n) is 3.51. The van der Waals surface area contributed by atoms with Crippen LogP contribution in [0.15, 0.2) is 48.5 Å². The molecule has 124 valence electrons. The summed E-state index contributed by atoms with van der Waals surface area (Å²) in [4.78, 5) is 32.6. The first-order valence-electron chi connectivity index (χ1n) is 6.98. The third-order valence-corrected chi connectivity index (χ3v) is 3.51. The molecule has 1 aliphatic heterocycles. The Morgan fingerprint density at radius 3 is 1.88 bits per heavy atom. The molecule has 6 nitrogen and oxygen atoms in total. The first-order valence-corrected chi connectivity index (χ1v) is 6.98. The van der Waals surface area contributed by atoms with Crippen LogP contribution in [0, 0.1) is 5.82 Å². The zero-order chi connectivity index (χ0) is 17.9. The molecule has 2 N–H and O–H groups in total. The van der Waals surface area contributed by atoms with Crippen LogP contribution in [0.3, 0.4) is 0 Å². The first-order chi connectivity index (χ1) is 11.3. The molecule has 1 heterocycles. The van der Waals surface area contributed by atoms with Crippen LogP contribution in [0.4, 0.5) is 4.39 Å². The van der Waals surface area contributed by atoms with Crippen LogP contribution in [-0.2, 0) is 4.79 Å². The second-order valence-electron chi connectivity index (χ2n) is 5.08. The summed E-state index contributed by atoms with van der Waals surface area (Å²) in [5, 5.41) is 17.7. The van der Waals surface area contributed by atoms with Crippen molar-refractivity contribution in [3.8, 4) is 0 Å². The minimum atomic E-state index is -0.901. The molecule has 0 bridgehead atoms. The minimum Gasteiger partial charge on any atom is -0.481 e. The summed E-state index contributed by atoms with van der Waals surface area (Å²) >= 11 is 0. The van der Waals surface area contributed by atoms with Crippen LogP contribution in [0.5, 0.6) is 0 Å². The number of hydrogen-bond donors (Lipinski definition) is 2. The quantitative estimate of drug-likeness (QED) is 0.652. The summed E-state index contributed by atoms with van der Waals surface area (Å²) in [7, 11) is 0. The van der Waals surface area contributed by atoms with Crippen LogP contribution in [-0.4, -0.2) is 33.2 Å². The van der Waals surface area contributed by atoms with Crippen molar-refractivity contribution in [2.75, 3.05) is 0 Å². The van der Waals surface area contributed by atoms with Gasteiger partial charge in [0, 0.05) is 0 Å². The lowest BCUT2D eigenvalue weighted by Gasteiger charge is -2.04. The maximum atomic E-state index is 12.4. The van der Waals surface area contributed by atoms with Crippen molar-refractivity contribution >= 4 is 17.8 Å². The molecular weight excluding hydrogens is 317 g/mol. The number of imide groups is 1. The number of hydrogen-bond acceptors (Lipinski definition) is 4. The van der Waals surface area contributed by atoms with Crippen molar-refractivity contribution < 1.29 is 29.1 Å². The Labute approximate surface area is 136 Å². The van der Waals surface area contributed by atoms with Gasteiger partial charge in [0.25, 0.3) is 11.8 Å². The van der Waals surface area contributed by atoms with Crippen molar-refractivity contribution in [2.45, 2.75) is 12.8 Å². The minimum absolute atomic E-state index is 0.130. The zero-order valence-electron chi connectivity index (χ0n) is 12.6. The number of nitrogens with zero attached hydrogens (tertiary/aromatic N) is 1. The number of carboxylic acid groups (broad SMARTS) is 1. The zero-order valence-corrected chi connectivity index (χ0v) is 12.6. The molecule has 24 heavy (non-hydrogen) atoms. The predicted molar refractivity (Wildman–Crippen MR) is 81.2 cm³/mol. The van der Waals surface area contributed by atoms with Gasteiger partial charge in [0.2, 0.25) is 0 Å². The number of aliphatic carboxylic acids is 1. The lowest BCUT2D eigenvalue weighted by molar-refractivity contribution is -0.138. The van der Waals surface area contributed by atoms with E-state index in [4.69, 9.17) is 10.3 Å². The fourth-order valence-corrected chi connectivity index (χ4v) is 2.07. The van der Waals surface area contributed by atoms with E-state index in [1.54, 1.807) is 19.1 Å². The monoisotopic (exact) mass is 331 g/mol. The van der Waals surface area contributed by atoms with E-state index < -0.39 is 23.7 Å². The van der Waals surface area contributed by atoms with Crippen molar-refractivity contribution in [1.82, 2.24) is 5.06 Å². The number of amides is 2. The number of carbonyl (C=O) groups excluding carboxylic acids is 2. The highest BCUT2D eigenvalue weighted by Crippen LogP contribution is 2.20. The molecule has 0 aromatic heterocycles. The van der Waals surface area contributed by atoms with Gasteiger partial charge in [-0.1, -0.05) is 24.3 Å². The van der Waals surface area contributed by atoms with Gasteiger partial charge in [0.05, 0.1) is 17.0 Å². The van der Waals surface area contributed by atoms with Gasteiger partial charge in [0.1, 0.15) is 5.82 Å². The number of benzene rings is 2. The molecule has 7 heteroatoms. The summed E-state index contributed by atoms with van der Waals surface area (Å²) in [5.41, 5.74) is 1.12. The average molecular weight is 331 g/mol. The number of carbonyl (C=O) groups is 3. The number of fused-ring (bicyclic) bond motifs is 1. The van der Waals surface area contributed by atoms with Gasteiger partial charge < -0.3 is 5.11 Å². The summed E-state index contributed by atoms with van der Waals surface area (Å²) in [6, 6.07) is 11.8. The van der Waals surface area contributed by atoms with E-state index in [1.807, 2.05) is 0 Å². The topological polar surface area (TPSA) is 94.9 Å². The Hall–Kier alpha value is -3.06.